The fourth-order valence-corrected chi connectivity index (χ4v) is 1.48. The molecule has 2 aromatic rings. The fourth-order valence-electron chi connectivity index (χ4n) is 1.48. The van der Waals surface area contributed by atoms with Crippen molar-refractivity contribution in [2.45, 2.75) is 102 Å². The Labute approximate surface area is 252 Å². The van der Waals surface area contributed by atoms with Crippen molar-refractivity contribution in [3.63, 3.8) is 0 Å². The number of nitrogens with zero attached hydrogens (tertiary/aromatic N) is 1. The molecule has 0 unspecified atom stereocenters. The zero-order valence-corrected chi connectivity index (χ0v) is 28.2. The van der Waals surface area contributed by atoms with Crippen molar-refractivity contribution in [2.75, 3.05) is 19.6 Å². The van der Waals surface area contributed by atoms with Crippen molar-refractivity contribution in [1.82, 2.24) is 5.32 Å². The Hall–Kier alpha value is -3.48. The average molecular weight is 578 g/mol. The molecule has 0 bridgehead atoms. The van der Waals surface area contributed by atoms with Gasteiger partial charge in [-0.05, 0) is 53.2 Å². The molecule has 1 amide bonds. The third kappa shape index (κ3) is 94.0. The standard InChI is InChI=1S/C6H11NO2.2C6H6.C4H10NO.C4H8O.C3H6O.C3H8.C2H6/c1-3-7-6(9)4-5(2)8;2*1-2-4-6-5-3-1;1-3-5(6)4-2;1-3-4(2)5;1-3(2)4;1-3-2;1-2/h3-4H2,1-2H3,(H,7,9);2*1-6H;3-4H2,1-2H3;3H2,1-2H3;1-2H3;3H2,1-2H3;1-2H3/q;;;+1;;;;. The van der Waals surface area contributed by atoms with E-state index < -0.39 is 0 Å². The molecule has 0 radical (unpaired) electrons. The summed E-state index contributed by atoms with van der Waals surface area (Å²) >= 11 is 0. The fraction of sp³-hybridized carbons (Fsp3) is 0.529. The summed E-state index contributed by atoms with van der Waals surface area (Å²) in [5.74, 6) is 0.135. The smallest absolute Gasteiger partial charge is 0.227 e. The summed E-state index contributed by atoms with van der Waals surface area (Å²) in [6.07, 6.45) is 1.92. The van der Waals surface area contributed by atoms with Crippen molar-refractivity contribution < 1.29 is 23.9 Å². The Bertz CT molecular complexity index is 700. The van der Waals surface area contributed by atoms with E-state index in [1.165, 1.54) is 27.2 Å². The largest absolute Gasteiger partial charge is 0.356 e. The molecule has 7 nitrogen and oxygen atoms in total. The highest BCUT2D eigenvalue weighted by Gasteiger charge is 2.00. The number of benzene rings is 2. The minimum Gasteiger partial charge on any atom is -0.356 e. The van der Waals surface area contributed by atoms with Gasteiger partial charge in [0.2, 0.25) is 5.91 Å². The second-order valence-electron chi connectivity index (χ2n) is 7.93. The van der Waals surface area contributed by atoms with Gasteiger partial charge in [0, 0.05) is 17.9 Å². The summed E-state index contributed by atoms with van der Waals surface area (Å²) in [6.45, 7) is 23.4. The summed E-state index contributed by atoms with van der Waals surface area (Å²) in [5.41, 5.74) is 0. The van der Waals surface area contributed by atoms with Crippen LogP contribution >= 0.6 is 0 Å². The number of nitroso groups, excluding NO2 is 1. The monoisotopic (exact) mass is 577 g/mol. The predicted molar refractivity (Wildman–Crippen MR) is 176 cm³/mol. The normalized spacial score (nSPS) is 7.61. The van der Waals surface area contributed by atoms with Crippen LogP contribution < -0.4 is 5.32 Å². The van der Waals surface area contributed by atoms with E-state index in [-0.39, 0.29) is 29.7 Å². The van der Waals surface area contributed by atoms with E-state index in [0.29, 0.717) is 26.1 Å². The maximum atomic E-state index is 10.5. The van der Waals surface area contributed by atoms with E-state index >= 15 is 0 Å². The number of hydrogen-bond acceptors (Lipinski definition) is 5. The van der Waals surface area contributed by atoms with E-state index in [2.05, 4.69) is 19.2 Å². The van der Waals surface area contributed by atoms with Gasteiger partial charge in [-0.2, -0.15) is 0 Å². The molecule has 2 rings (SSSR count). The topological polar surface area (TPSA) is 100 Å². The number of nitrogens with one attached hydrogen (secondary N) is 1. The first kappa shape index (κ1) is 50.4. The molecule has 236 valence electrons. The predicted octanol–water partition coefficient (Wildman–Crippen LogP) is 8.30. The quantitative estimate of drug-likeness (QED) is 0.275. The number of rotatable bonds is 6. The zero-order valence-electron chi connectivity index (χ0n) is 28.2. The van der Waals surface area contributed by atoms with E-state index in [1.807, 2.05) is 114 Å². The van der Waals surface area contributed by atoms with E-state index in [9.17, 15) is 24.1 Å². The first-order valence-electron chi connectivity index (χ1n) is 14.5. The molecule has 0 heterocycles. The van der Waals surface area contributed by atoms with Gasteiger partial charge in [0.25, 0.3) is 0 Å². The second kappa shape index (κ2) is 49.5. The van der Waals surface area contributed by atoms with Crippen LogP contribution in [-0.4, -0.2) is 47.7 Å². The number of carbonyl (C=O) groups is 4. The Balaban J connectivity index is -0.0000000880. The summed E-state index contributed by atoms with van der Waals surface area (Å²) in [4.78, 5) is 50.1. The SMILES string of the molecule is CC.CC(C)=O.CCC.CCC(C)=O.CCNC(=O)CC(C)=O.CC[N+](=O)CC.c1ccccc1.c1ccccc1. The Morgan fingerprint density at radius 1 is 0.561 bits per heavy atom. The van der Waals surface area contributed by atoms with Crippen LogP contribution in [0, 0.1) is 4.91 Å². The molecule has 0 aliphatic carbocycles. The van der Waals surface area contributed by atoms with Crippen LogP contribution in [0.2, 0.25) is 0 Å². The molecule has 41 heavy (non-hydrogen) atoms. The lowest BCUT2D eigenvalue weighted by atomic mass is 10.3. The van der Waals surface area contributed by atoms with Crippen LogP contribution in [-0.2, 0) is 19.2 Å². The highest BCUT2D eigenvalue weighted by Crippen LogP contribution is 1.81. The molecule has 0 aliphatic rings. The first-order chi connectivity index (χ1) is 19.4. The summed E-state index contributed by atoms with van der Waals surface area (Å²) in [6, 6.07) is 24.0. The van der Waals surface area contributed by atoms with Crippen molar-refractivity contribution in [3.05, 3.63) is 77.7 Å². The maximum absolute atomic E-state index is 10.5. The van der Waals surface area contributed by atoms with Gasteiger partial charge in [0.1, 0.15) is 17.3 Å². The van der Waals surface area contributed by atoms with Crippen LogP contribution in [0.5, 0.6) is 0 Å². The van der Waals surface area contributed by atoms with Crippen molar-refractivity contribution in [3.8, 4) is 0 Å². The molecule has 0 atom stereocenters. The number of amides is 1. The Morgan fingerprint density at radius 3 is 0.878 bits per heavy atom. The molecule has 0 saturated heterocycles. The van der Waals surface area contributed by atoms with E-state index in [0.717, 1.165) is 4.76 Å². The minimum absolute atomic E-state index is 0.00778. The highest BCUT2D eigenvalue weighted by molar-refractivity contribution is 5.96. The van der Waals surface area contributed by atoms with E-state index in [4.69, 9.17) is 0 Å². The van der Waals surface area contributed by atoms with Gasteiger partial charge in [-0.1, -0.05) is 114 Å². The summed E-state index contributed by atoms with van der Waals surface area (Å²) in [7, 11) is 0. The molecular weight excluding hydrogens is 516 g/mol. The Kier molecular flexibility index (Phi) is 60.8. The van der Waals surface area contributed by atoms with Gasteiger partial charge in [-0.25, -0.2) is 0 Å². The number of ketones is 3. The lowest BCUT2D eigenvalue weighted by Gasteiger charge is -1.96. The molecule has 7 heteroatoms. The summed E-state index contributed by atoms with van der Waals surface area (Å²) < 4.78 is 1.00. The molecule has 2 aromatic carbocycles. The zero-order chi connectivity index (χ0) is 33.3. The van der Waals surface area contributed by atoms with Crippen LogP contribution in [0.1, 0.15) is 102 Å². The van der Waals surface area contributed by atoms with Crippen molar-refractivity contribution >= 4 is 23.3 Å². The average Bonchev–Trinajstić information content (AvgIpc) is 2.96. The minimum atomic E-state index is -0.190. The number of Topliss-reactive ketones (excluding diaryl/α,β-unsaturated/α-hetero) is 3. The third-order valence-corrected chi connectivity index (χ3v) is 3.32. The van der Waals surface area contributed by atoms with Crippen LogP contribution in [0.4, 0.5) is 0 Å². The molecule has 0 spiro atoms. The van der Waals surface area contributed by atoms with Gasteiger partial charge in [0.05, 0.1) is 6.42 Å². The first-order valence-corrected chi connectivity index (χ1v) is 14.5. The molecule has 0 fully saturated rings. The van der Waals surface area contributed by atoms with Gasteiger partial charge < -0.3 is 14.9 Å². The molecular formula is C34H61N2O5+. The number of carbonyl (C=O) groups excluding carboxylic acids is 4. The lowest BCUT2D eigenvalue weighted by molar-refractivity contribution is -0.541. The van der Waals surface area contributed by atoms with E-state index in [1.54, 1.807) is 6.92 Å². The second-order valence-corrected chi connectivity index (χ2v) is 7.93. The van der Waals surface area contributed by atoms with Crippen molar-refractivity contribution in [2.24, 2.45) is 0 Å². The Morgan fingerprint density at radius 2 is 0.780 bits per heavy atom. The van der Waals surface area contributed by atoms with Gasteiger partial charge >= 0.3 is 0 Å². The molecule has 1 N–H and O–H groups in total. The van der Waals surface area contributed by atoms with Gasteiger partial charge in [-0.3, -0.25) is 9.59 Å². The van der Waals surface area contributed by atoms with Crippen molar-refractivity contribution in [1.29, 1.82) is 0 Å². The van der Waals surface area contributed by atoms with Crippen LogP contribution in [0.3, 0.4) is 0 Å². The maximum Gasteiger partial charge on any atom is 0.227 e. The van der Waals surface area contributed by atoms with Gasteiger partial charge in [-0.15, -0.1) is 0 Å². The number of hydrogen-bond donors (Lipinski definition) is 1. The molecule has 0 aromatic heterocycles. The molecule has 0 aliphatic heterocycles. The van der Waals surface area contributed by atoms with Crippen LogP contribution in [0.15, 0.2) is 72.8 Å². The third-order valence-electron chi connectivity index (χ3n) is 3.32. The highest BCUT2D eigenvalue weighted by atomic mass is 16.3. The molecule has 0 saturated carbocycles. The van der Waals surface area contributed by atoms with Crippen LogP contribution in [0.25, 0.3) is 0 Å². The summed E-state index contributed by atoms with van der Waals surface area (Å²) in [5, 5.41) is 2.52. The lowest BCUT2D eigenvalue weighted by Crippen LogP contribution is -2.24. The van der Waals surface area contributed by atoms with Gasteiger partial charge in [0.15, 0.2) is 13.1 Å².